The summed E-state index contributed by atoms with van der Waals surface area (Å²) in [5, 5.41) is 0. The van der Waals surface area contributed by atoms with Crippen molar-refractivity contribution in [2.24, 2.45) is 0 Å². The number of thiol groups is 1. The molecule has 0 aromatic heterocycles. The van der Waals surface area contributed by atoms with E-state index in [9.17, 15) is 4.79 Å². The number of benzene rings is 1. The van der Waals surface area contributed by atoms with Gasteiger partial charge in [0.15, 0.2) is 0 Å². The van der Waals surface area contributed by atoms with E-state index in [-0.39, 0.29) is 5.91 Å². The molecular formula is C13H17NOS. The summed E-state index contributed by atoms with van der Waals surface area (Å²) in [5.74, 6) is 0.160. The van der Waals surface area contributed by atoms with Gasteiger partial charge in [-0.25, -0.2) is 0 Å². The second-order valence-corrected chi connectivity index (χ2v) is 4.87. The van der Waals surface area contributed by atoms with Crippen LogP contribution >= 0.6 is 12.6 Å². The molecule has 1 aromatic rings. The smallest absolute Gasteiger partial charge is 0.254 e. The topological polar surface area (TPSA) is 20.3 Å². The highest BCUT2D eigenvalue weighted by Gasteiger charge is 2.19. The average Bonchev–Trinajstić information content (AvgIpc) is 2.32. The highest BCUT2D eigenvalue weighted by Crippen LogP contribution is 2.18. The molecule has 1 aliphatic rings. The summed E-state index contributed by atoms with van der Waals surface area (Å²) in [6.07, 6.45) is 3.51. The number of rotatable bonds is 1. The summed E-state index contributed by atoms with van der Waals surface area (Å²) in [7, 11) is 0. The van der Waals surface area contributed by atoms with Crippen LogP contribution in [0.3, 0.4) is 0 Å². The first-order valence-electron chi connectivity index (χ1n) is 5.77. The molecule has 3 heteroatoms. The number of carbonyl (C=O) groups excluding carboxylic acids is 1. The monoisotopic (exact) mass is 235 g/mol. The van der Waals surface area contributed by atoms with Gasteiger partial charge in [-0.1, -0.05) is 6.07 Å². The Kier molecular flexibility index (Phi) is 3.54. The van der Waals surface area contributed by atoms with Crippen LogP contribution in [0, 0.1) is 6.92 Å². The summed E-state index contributed by atoms with van der Waals surface area (Å²) >= 11 is 4.29. The highest BCUT2D eigenvalue weighted by atomic mass is 32.1. The zero-order chi connectivity index (χ0) is 11.5. The molecule has 1 heterocycles. The number of likely N-dealkylation sites (tertiary alicyclic amines) is 1. The van der Waals surface area contributed by atoms with Crippen LogP contribution < -0.4 is 0 Å². The number of hydrogen-bond acceptors (Lipinski definition) is 2. The number of hydrogen-bond donors (Lipinski definition) is 1. The average molecular weight is 235 g/mol. The summed E-state index contributed by atoms with van der Waals surface area (Å²) in [6, 6.07) is 5.75. The van der Waals surface area contributed by atoms with Crippen LogP contribution in [-0.4, -0.2) is 23.9 Å². The quantitative estimate of drug-likeness (QED) is 0.742. The van der Waals surface area contributed by atoms with Gasteiger partial charge in [-0.15, -0.1) is 12.6 Å². The zero-order valence-corrected chi connectivity index (χ0v) is 10.5. The van der Waals surface area contributed by atoms with Gasteiger partial charge in [0.25, 0.3) is 5.91 Å². The fourth-order valence-electron chi connectivity index (χ4n) is 2.11. The number of nitrogens with zero attached hydrogens (tertiary/aromatic N) is 1. The molecule has 0 radical (unpaired) electrons. The molecule has 86 valence electrons. The molecule has 0 atom stereocenters. The normalized spacial score (nSPS) is 16.2. The lowest BCUT2D eigenvalue weighted by Gasteiger charge is -2.27. The Labute approximate surface area is 102 Å². The minimum atomic E-state index is 0.160. The molecule has 0 saturated carbocycles. The molecule has 1 fully saturated rings. The Morgan fingerprint density at radius 2 is 1.94 bits per heavy atom. The first kappa shape index (κ1) is 11.5. The second kappa shape index (κ2) is 4.91. The fourth-order valence-corrected chi connectivity index (χ4v) is 2.31. The van der Waals surface area contributed by atoms with Crippen molar-refractivity contribution in [3.8, 4) is 0 Å². The second-order valence-electron chi connectivity index (χ2n) is 4.35. The molecule has 2 rings (SSSR count). The molecular weight excluding hydrogens is 218 g/mol. The van der Waals surface area contributed by atoms with Gasteiger partial charge in [-0.05, 0) is 43.9 Å². The van der Waals surface area contributed by atoms with Crippen molar-refractivity contribution in [1.29, 1.82) is 0 Å². The zero-order valence-electron chi connectivity index (χ0n) is 9.57. The maximum absolute atomic E-state index is 12.3. The van der Waals surface area contributed by atoms with Crippen molar-refractivity contribution in [3.05, 3.63) is 29.3 Å². The molecule has 1 aliphatic heterocycles. The number of aryl methyl sites for hydroxylation is 1. The SMILES string of the molecule is Cc1ccc(S)cc1C(=O)N1CCCCC1. The van der Waals surface area contributed by atoms with Crippen LogP contribution in [0.1, 0.15) is 35.2 Å². The Balaban J connectivity index is 2.22. The highest BCUT2D eigenvalue weighted by molar-refractivity contribution is 7.80. The van der Waals surface area contributed by atoms with E-state index >= 15 is 0 Å². The lowest BCUT2D eigenvalue weighted by atomic mass is 10.1. The van der Waals surface area contributed by atoms with E-state index in [4.69, 9.17) is 0 Å². The van der Waals surface area contributed by atoms with E-state index in [0.29, 0.717) is 0 Å². The van der Waals surface area contributed by atoms with Gasteiger partial charge in [-0.2, -0.15) is 0 Å². The van der Waals surface area contributed by atoms with Crippen molar-refractivity contribution in [1.82, 2.24) is 4.90 Å². The molecule has 0 spiro atoms. The Bertz CT molecular complexity index is 397. The van der Waals surface area contributed by atoms with E-state index in [2.05, 4.69) is 12.6 Å². The molecule has 0 N–H and O–H groups in total. The van der Waals surface area contributed by atoms with Gasteiger partial charge < -0.3 is 4.90 Å². The lowest BCUT2D eigenvalue weighted by Crippen LogP contribution is -2.35. The van der Waals surface area contributed by atoms with Gasteiger partial charge >= 0.3 is 0 Å². The van der Waals surface area contributed by atoms with Crippen LogP contribution in [0.25, 0.3) is 0 Å². The summed E-state index contributed by atoms with van der Waals surface area (Å²) < 4.78 is 0. The van der Waals surface area contributed by atoms with E-state index in [1.165, 1.54) is 6.42 Å². The molecule has 0 bridgehead atoms. The minimum absolute atomic E-state index is 0.160. The van der Waals surface area contributed by atoms with Gasteiger partial charge in [-0.3, -0.25) is 4.79 Å². The minimum Gasteiger partial charge on any atom is -0.339 e. The number of piperidine rings is 1. The third kappa shape index (κ3) is 2.40. The first-order valence-corrected chi connectivity index (χ1v) is 6.22. The molecule has 16 heavy (non-hydrogen) atoms. The van der Waals surface area contributed by atoms with Crippen molar-refractivity contribution in [2.75, 3.05) is 13.1 Å². The largest absolute Gasteiger partial charge is 0.339 e. The fraction of sp³-hybridized carbons (Fsp3) is 0.462. The molecule has 0 aliphatic carbocycles. The Morgan fingerprint density at radius 1 is 1.25 bits per heavy atom. The van der Waals surface area contributed by atoms with Crippen molar-refractivity contribution in [2.45, 2.75) is 31.1 Å². The third-order valence-electron chi connectivity index (χ3n) is 3.09. The van der Waals surface area contributed by atoms with Crippen LogP contribution in [0.5, 0.6) is 0 Å². The van der Waals surface area contributed by atoms with E-state index in [0.717, 1.165) is 42.0 Å². The third-order valence-corrected chi connectivity index (χ3v) is 3.37. The van der Waals surface area contributed by atoms with Crippen molar-refractivity contribution >= 4 is 18.5 Å². The van der Waals surface area contributed by atoms with Crippen LogP contribution in [0.4, 0.5) is 0 Å². The van der Waals surface area contributed by atoms with E-state index < -0.39 is 0 Å². The van der Waals surface area contributed by atoms with Crippen molar-refractivity contribution in [3.63, 3.8) is 0 Å². The molecule has 2 nitrogen and oxygen atoms in total. The van der Waals surface area contributed by atoms with Crippen LogP contribution in [0.15, 0.2) is 23.1 Å². The number of amides is 1. The molecule has 1 saturated heterocycles. The maximum Gasteiger partial charge on any atom is 0.254 e. The lowest BCUT2D eigenvalue weighted by molar-refractivity contribution is 0.0723. The van der Waals surface area contributed by atoms with Crippen LogP contribution in [-0.2, 0) is 0 Å². The molecule has 0 unspecified atom stereocenters. The van der Waals surface area contributed by atoms with Crippen LogP contribution in [0.2, 0.25) is 0 Å². The predicted molar refractivity (Wildman–Crippen MR) is 68.2 cm³/mol. The van der Waals surface area contributed by atoms with E-state index in [1.54, 1.807) is 0 Å². The summed E-state index contributed by atoms with van der Waals surface area (Å²) in [5.41, 5.74) is 1.84. The molecule has 1 amide bonds. The molecule has 1 aromatic carbocycles. The van der Waals surface area contributed by atoms with Gasteiger partial charge in [0, 0.05) is 23.5 Å². The maximum atomic E-state index is 12.3. The van der Waals surface area contributed by atoms with E-state index in [1.807, 2.05) is 30.0 Å². The Hall–Kier alpha value is -0.960. The van der Waals surface area contributed by atoms with Crippen molar-refractivity contribution < 1.29 is 4.79 Å². The predicted octanol–water partition coefficient (Wildman–Crippen LogP) is 2.91. The standard InChI is InChI=1S/C13H17NOS/c1-10-5-6-11(16)9-12(10)13(15)14-7-3-2-4-8-14/h5-6,9,16H,2-4,7-8H2,1H3. The van der Waals surface area contributed by atoms with Gasteiger partial charge in [0.2, 0.25) is 0 Å². The first-order chi connectivity index (χ1) is 7.68. The van der Waals surface area contributed by atoms with Gasteiger partial charge in [0.05, 0.1) is 0 Å². The Morgan fingerprint density at radius 3 is 2.62 bits per heavy atom. The van der Waals surface area contributed by atoms with Gasteiger partial charge in [0.1, 0.15) is 0 Å². The summed E-state index contributed by atoms with van der Waals surface area (Å²) in [6.45, 7) is 3.77. The number of carbonyl (C=O) groups is 1. The summed E-state index contributed by atoms with van der Waals surface area (Å²) in [4.78, 5) is 15.1.